The van der Waals surface area contributed by atoms with Crippen LogP contribution < -0.4 is 0 Å². The van der Waals surface area contributed by atoms with Crippen LogP contribution in [-0.4, -0.2) is 16.1 Å². The van der Waals surface area contributed by atoms with E-state index in [1.165, 1.54) is 18.2 Å². The highest BCUT2D eigenvalue weighted by atomic mass is 19.1. The van der Waals surface area contributed by atoms with Gasteiger partial charge in [-0.25, -0.2) is 9.18 Å². The molecule has 1 aromatic heterocycles. The maximum atomic E-state index is 13.1. The maximum Gasteiger partial charge on any atom is 0.336 e. The zero-order valence-electron chi connectivity index (χ0n) is 10.1. The summed E-state index contributed by atoms with van der Waals surface area (Å²) in [5.41, 5.74) is 1.34. The van der Waals surface area contributed by atoms with Crippen molar-refractivity contribution in [3.05, 3.63) is 41.3 Å². The molecule has 0 amide bonds. The summed E-state index contributed by atoms with van der Waals surface area (Å²) >= 11 is 0. The number of pyridine rings is 1. The molecule has 0 saturated heterocycles. The van der Waals surface area contributed by atoms with Crippen LogP contribution in [0, 0.1) is 5.82 Å². The third-order valence-corrected chi connectivity index (χ3v) is 2.92. The van der Waals surface area contributed by atoms with Gasteiger partial charge in [-0.1, -0.05) is 13.3 Å². The van der Waals surface area contributed by atoms with E-state index < -0.39 is 11.8 Å². The Labute approximate surface area is 104 Å². The quantitative estimate of drug-likeness (QED) is 0.900. The number of hydrogen-bond donors (Lipinski definition) is 1. The first-order chi connectivity index (χ1) is 8.63. The van der Waals surface area contributed by atoms with Gasteiger partial charge in [0.05, 0.1) is 11.1 Å². The third kappa shape index (κ3) is 2.32. The van der Waals surface area contributed by atoms with Crippen molar-refractivity contribution < 1.29 is 14.3 Å². The molecule has 0 unspecified atom stereocenters. The van der Waals surface area contributed by atoms with Gasteiger partial charge >= 0.3 is 5.97 Å². The highest BCUT2D eigenvalue weighted by molar-refractivity contribution is 6.03. The fraction of sp³-hybridized carbons (Fsp3) is 0.286. The molecule has 18 heavy (non-hydrogen) atoms. The Bertz CT molecular complexity index is 596. The summed E-state index contributed by atoms with van der Waals surface area (Å²) in [6, 6.07) is 4.00. The summed E-state index contributed by atoms with van der Waals surface area (Å²) in [7, 11) is 0. The second-order valence-corrected chi connectivity index (χ2v) is 4.23. The molecule has 0 fully saturated rings. The van der Waals surface area contributed by atoms with Gasteiger partial charge in [-0.3, -0.25) is 4.98 Å². The Hall–Kier alpha value is -1.97. The molecular weight excluding hydrogens is 233 g/mol. The minimum absolute atomic E-state index is 0.244. The van der Waals surface area contributed by atoms with E-state index in [2.05, 4.69) is 4.98 Å². The Balaban J connectivity index is 2.62. The van der Waals surface area contributed by atoms with Crippen LogP contribution in [0.25, 0.3) is 10.9 Å². The summed E-state index contributed by atoms with van der Waals surface area (Å²) in [5.74, 6) is -1.40. The van der Waals surface area contributed by atoms with Crippen LogP contribution in [-0.2, 0) is 6.42 Å². The van der Waals surface area contributed by atoms with E-state index >= 15 is 0 Å². The lowest BCUT2D eigenvalue weighted by Crippen LogP contribution is -2.05. The number of fused-ring (bicyclic) bond motifs is 1. The predicted octanol–water partition coefficient (Wildman–Crippen LogP) is 3.41. The number of aryl methyl sites for hydroxylation is 1. The zero-order valence-corrected chi connectivity index (χ0v) is 10.1. The van der Waals surface area contributed by atoms with Crippen molar-refractivity contribution in [2.75, 3.05) is 0 Å². The molecule has 0 spiro atoms. The number of halogens is 1. The van der Waals surface area contributed by atoms with Gasteiger partial charge in [0.25, 0.3) is 0 Å². The largest absolute Gasteiger partial charge is 0.478 e. The van der Waals surface area contributed by atoms with Crippen molar-refractivity contribution in [2.45, 2.75) is 26.2 Å². The number of carboxylic acids is 1. The lowest BCUT2D eigenvalue weighted by molar-refractivity contribution is 0.0697. The van der Waals surface area contributed by atoms with Gasteiger partial charge in [0.15, 0.2) is 0 Å². The molecule has 0 aliphatic carbocycles. The number of aromatic nitrogens is 1. The first-order valence-electron chi connectivity index (χ1n) is 5.94. The van der Waals surface area contributed by atoms with Crippen molar-refractivity contribution in [1.29, 1.82) is 0 Å². The van der Waals surface area contributed by atoms with E-state index in [4.69, 9.17) is 0 Å². The predicted molar refractivity (Wildman–Crippen MR) is 67.3 cm³/mol. The second-order valence-electron chi connectivity index (χ2n) is 4.23. The smallest absolute Gasteiger partial charge is 0.336 e. The van der Waals surface area contributed by atoms with Gasteiger partial charge in [0.1, 0.15) is 5.82 Å². The number of nitrogens with zero attached hydrogens (tertiary/aromatic N) is 1. The third-order valence-electron chi connectivity index (χ3n) is 2.92. The molecule has 94 valence electrons. The lowest BCUT2D eigenvalue weighted by Gasteiger charge is -2.08. The fourth-order valence-electron chi connectivity index (χ4n) is 2.02. The number of unbranched alkanes of at least 4 members (excludes halogenated alkanes) is 1. The van der Waals surface area contributed by atoms with Crippen molar-refractivity contribution in [3.63, 3.8) is 0 Å². The van der Waals surface area contributed by atoms with E-state index in [-0.39, 0.29) is 5.56 Å². The van der Waals surface area contributed by atoms with Crippen molar-refractivity contribution in [3.8, 4) is 0 Å². The summed E-state index contributed by atoms with van der Waals surface area (Å²) in [5, 5.41) is 9.81. The molecule has 0 saturated carbocycles. The van der Waals surface area contributed by atoms with Gasteiger partial charge in [-0.15, -0.1) is 0 Å². The number of hydrogen-bond acceptors (Lipinski definition) is 2. The normalized spacial score (nSPS) is 10.8. The Morgan fingerprint density at radius 1 is 1.44 bits per heavy atom. The van der Waals surface area contributed by atoms with Crippen molar-refractivity contribution in [1.82, 2.24) is 4.98 Å². The average Bonchev–Trinajstić information content (AvgIpc) is 2.35. The molecule has 4 heteroatoms. The molecule has 1 aromatic carbocycles. The zero-order chi connectivity index (χ0) is 13.1. The van der Waals surface area contributed by atoms with Crippen LogP contribution in [0.2, 0.25) is 0 Å². The molecule has 1 heterocycles. The van der Waals surface area contributed by atoms with E-state index in [0.29, 0.717) is 22.9 Å². The molecule has 2 rings (SSSR count). The molecule has 0 aliphatic rings. The molecule has 0 aliphatic heterocycles. The van der Waals surface area contributed by atoms with E-state index in [9.17, 15) is 14.3 Å². The minimum Gasteiger partial charge on any atom is -0.478 e. The number of aromatic carboxylic acids is 1. The average molecular weight is 247 g/mol. The summed E-state index contributed by atoms with van der Waals surface area (Å²) in [4.78, 5) is 15.5. The topological polar surface area (TPSA) is 50.2 Å². The van der Waals surface area contributed by atoms with Crippen LogP contribution >= 0.6 is 0 Å². The SMILES string of the molecule is CCCCc1cnc2cc(F)ccc2c1C(=O)O. The highest BCUT2D eigenvalue weighted by Crippen LogP contribution is 2.22. The van der Waals surface area contributed by atoms with Crippen molar-refractivity contribution in [2.24, 2.45) is 0 Å². The van der Waals surface area contributed by atoms with Gasteiger partial charge in [0.2, 0.25) is 0 Å². The highest BCUT2D eigenvalue weighted by Gasteiger charge is 2.15. The number of carboxylic acid groups (broad SMARTS) is 1. The molecule has 0 bridgehead atoms. The van der Waals surface area contributed by atoms with Crippen LogP contribution in [0.3, 0.4) is 0 Å². The first kappa shape index (κ1) is 12.5. The lowest BCUT2D eigenvalue weighted by atomic mass is 10.00. The molecule has 3 nitrogen and oxygen atoms in total. The summed E-state index contributed by atoms with van der Waals surface area (Å²) in [6.07, 6.45) is 4.12. The number of benzene rings is 1. The molecular formula is C14H14FNO2. The Morgan fingerprint density at radius 2 is 2.22 bits per heavy atom. The maximum absolute atomic E-state index is 13.1. The minimum atomic E-state index is -0.986. The van der Waals surface area contributed by atoms with E-state index in [1.54, 1.807) is 6.20 Å². The first-order valence-corrected chi connectivity index (χ1v) is 5.94. The number of rotatable bonds is 4. The van der Waals surface area contributed by atoms with Gasteiger partial charge in [0, 0.05) is 17.6 Å². The van der Waals surface area contributed by atoms with Crippen molar-refractivity contribution >= 4 is 16.9 Å². The number of carbonyl (C=O) groups is 1. The van der Waals surface area contributed by atoms with Crippen LogP contribution in [0.5, 0.6) is 0 Å². The standard InChI is InChI=1S/C14H14FNO2/c1-2-3-4-9-8-16-12-7-10(15)5-6-11(12)13(9)14(17)18/h5-8H,2-4H2,1H3,(H,17,18). The van der Waals surface area contributed by atoms with Gasteiger partial charge in [-0.05, 0) is 30.5 Å². The molecule has 2 aromatic rings. The monoisotopic (exact) mass is 247 g/mol. The summed E-state index contributed by atoms with van der Waals surface area (Å²) < 4.78 is 13.1. The second kappa shape index (κ2) is 5.12. The molecule has 0 radical (unpaired) electrons. The van der Waals surface area contributed by atoms with Crippen LogP contribution in [0.1, 0.15) is 35.7 Å². The molecule has 1 N–H and O–H groups in total. The van der Waals surface area contributed by atoms with E-state index in [1.807, 2.05) is 6.92 Å². The molecule has 0 atom stereocenters. The Kier molecular flexibility index (Phi) is 3.55. The van der Waals surface area contributed by atoms with Crippen LogP contribution in [0.4, 0.5) is 4.39 Å². The van der Waals surface area contributed by atoms with Gasteiger partial charge < -0.3 is 5.11 Å². The van der Waals surface area contributed by atoms with Gasteiger partial charge in [-0.2, -0.15) is 0 Å². The Morgan fingerprint density at radius 3 is 2.89 bits per heavy atom. The summed E-state index contributed by atoms with van der Waals surface area (Å²) in [6.45, 7) is 2.05. The van der Waals surface area contributed by atoms with Crippen LogP contribution in [0.15, 0.2) is 24.4 Å². The van der Waals surface area contributed by atoms with E-state index in [0.717, 1.165) is 12.8 Å². The fourth-order valence-corrected chi connectivity index (χ4v) is 2.02.